The highest BCUT2D eigenvalue weighted by Crippen LogP contribution is 2.39. The number of carbonyl (C=O) groups is 7. The van der Waals surface area contributed by atoms with Gasteiger partial charge < -0.3 is 73.2 Å². The Hall–Kier alpha value is -3.77. The molecule has 0 aliphatic heterocycles. The van der Waals surface area contributed by atoms with Gasteiger partial charge >= 0.3 is 5.97 Å². The van der Waals surface area contributed by atoms with E-state index in [1.54, 1.807) is 0 Å². The SMILES string of the molecule is CCCCCC/C=C\CCCC(=O)OC(CCCCCCC)CCOCC(COP(=O)([O-])OCCNC(=O)CCCCC(=O)NCCOP(=O)([O-])OCC(COCCC(CCCCCCC)OC(O)CCC/C=C\CCCCCC)NC(=O)CC(=O)CCCCCCCCCCCC)NC(=O)CC(=O)CCCCCCCCCCC. The molecule has 0 aliphatic rings. The Bertz CT molecular complexity index is 2510. The Morgan fingerprint density at radius 3 is 1.07 bits per heavy atom. The van der Waals surface area contributed by atoms with E-state index in [0.29, 0.717) is 51.4 Å². The molecule has 0 fully saturated rings. The Morgan fingerprint density at radius 1 is 0.339 bits per heavy atom. The summed E-state index contributed by atoms with van der Waals surface area (Å²) in [5, 5.41) is 21.5. The third kappa shape index (κ3) is 78.5. The zero-order valence-corrected chi connectivity index (χ0v) is 75.0. The van der Waals surface area contributed by atoms with Crippen molar-refractivity contribution in [3.05, 3.63) is 24.3 Å². The number of nitrogens with one attached hydrogen (secondary N) is 4. The summed E-state index contributed by atoms with van der Waals surface area (Å²) >= 11 is 0. The molecule has 674 valence electrons. The van der Waals surface area contributed by atoms with E-state index >= 15 is 0 Å². The molecule has 0 aromatic carbocycles. The molecule has 0 bridgehead atoms. The van der Waals surface area contributed by atoms with Crippen LogP contribution in [0.2, 0.25) is 0 Å². The first-order chi connectivity index (χ1) is 55.7. The number of allylic oxidation sites excluding steroid dienone is 4. The highest BCUT2D eigenvalue weighted by atomic mass is 31.2. The predicted octanol–water partition coefficient (Wildman–Crippen LogP) is 19.4. The van der Waals surface area contributed by atoms with Gasteiger partial charge in [0.25, 0.3) is 15.6 Å². The second kappa shape index (κ2) is 81.2. The highest BCUT2D eigenvalue weighted by molar-refractivity contribution is 7.46. The number of ether oxygens (including phenoxy) is 4. The summed E-state index contributed by atoms with van der Waals surface area (Å²) in [7, 11) is -9.99. The van der Waals surface area contributed by atoms with Gasteiger partial charge in [-0.05, 0) is 109 Å². The molecule has 0 aromatic rings. The highest BCUT2D eigenvalue weighted by Gasteiger charge is 2.24. The fourth-order valence-electron chi connectivity index (χ4n) is 13.2. The lowest BCUT2D eigenvalue weighted by Crippen LogP contribution is -2.42. The fraction of sp³-hybridized carbons (Fsp3) is 0.876. The summed E-state index contributed by atoms with van der Waals surface area (Å²) in [6, 6.07) is -1.99. The number of ketones is 2. The van der Waals surface area contributed by atoms with Crippen molar-refractivity contribution in [3.63, 3.8) is 0 Å². The standard InChI is InChI=1S/C89H168N4O20P2/c1-7-13-19-25-29-33-37-39-45-49-57-81(95)73-87(99)93-79(75-107-69-65-83(59-51-43-24-18-12-6)113-89(101)63-53-47-41-36-32-28-22-16-10-4)77-111-115(104,105)109-71-67-91-85(97)61-55-54-60-84(96)90-66-70-108-114(102,103)110-76-78(92-86(98)72-80(94)56-48-44-38-34-30-26-20-14-8-2)74-106-68-64-82(58-50-42-23-17-11-5)112-88(100)62-52-46-40-35-31-27-21-15-9-3/h35-36,40-41,78-79,82-83,89,101H,7-34,37-39,42-77H2,1-6H3,(H,90,96)(H,91,97)(H,92,98)(H,93,99)(H,102,103)(H,104,105)/p-2/b40-35-,41-36-. The Labute approximate surface area is 697 Å². The zero-order chi connectivity index (χ0) is 84.6. The van der Waals surface area contributed by atoms with Crippen LogP contribution in [0.15, 0.2) is 24.3 Å². The summed E-state index contributed by atoms with van der Waals surface area (Å²) in [5.41, 5.74) is 0. The van der Waals surface area contributed by atoms with Crippen LogP contribution in [0, 0.1) is 0 Å². The van der Waals surface area contributed by atoms with Crippen molar-refractivity contribution in [2.75, 3.05) is 65.9 Å². The Morgan fingerprint density at radius 2 is 0.670 bits per heavy atom. The van der Waals surface area contributed by atoms with Crippen LogP contribution in [0.1, 0.15) is 408 Å². The number of aliphatic hydroxyl groups is 1. The molecule has 4 amide bonds. The topological polar surface area (TPSA) is 342 Å². The fourth-order valence-corrected chi connectivity index (χ4v) is 14.7. The van der Waals surface area contributed by atoms with Crippen molar-refractivity contribution in [2.45, 2.75) is 438 Å². The van der Waals surface area contributed by atoms with Crippen LogP contribution >= 0.6 is 15.6 Å². The summed E-state index contributed by atoms with van der Waals surface area (Å²) in [6.07, 6.45) is 56.6. The van der Waals surface area contributed by atoms with E-state index in [4.69, 9.17) is 37.0 Å². The third-order valence-electron chi connectivity index (χ3n) is 20.2. The number of Topliss-reactive ketones (excluding diaryl/α,β-unsaturated/α-hetero) is 2. The minimum absolute atomic E-state index is 0.000429. The van der Waals surface area contributed by atoms with Crippen molar-refractivity contribution in [3.8, 4) is 0 Å². The minimum Gasteiger partial charge on any atom is -0.756 e. The quantitative estimate of drug-likeness (QED) is 0.00943. The van der Waals surface area contributed by atoms with Gasteiger partial charge in [-0.3, -0.25) is 42.7 Å². The molecule has 115 heavy (non-hydrogen) atoms. The normalized spacial score (nSPS) is 14.1. The maximum Gasteiger partial charge on any atom is 0.306 e. The first-order valence-corrected chi connectivity index (χ1v) is 49.0. The van der Waals surface area contributed by atoms with Crippen molar-refractivity contribution in [2.24, 2.45) is 0 Å². The molecule has 0 rings (SSSR count). The van der Waals surface area contributed by atoms with Crippen LogP contribution in [0.5, 0.6) is 0 Å². The molecule has 0 aromatic heterocycles. The van der Waals surface area contributed by atoms with E-state index < -0.39 is 90.2 Å². The summed E-state index contributed by atoms with van der Waals surface area (Å²) < 4.78 is 70.7. The van der Waals surface area contributed by atoms with E-state index in [-0.39, 0.29) is 115 Å². The van der Waals surface area contributed by atoms with Crippen molar-refractivity contribution in [1.29, 1.82) is 0 Å². The van der Waals surface area contributed by atoms with Gasteiger partial charge in [-0.1, -0.05) is 271 Å². The van der Waals surface area contributed by atoms with E-state index in [1.165, 1.54) is 116 Å². The van der Waals surface area contributed by atoms with Crippen molar-refractivity contribution < 1.29 is 94.6 Å². The molecule has 24 nitrogen and oxygen atoms in total. The third-order valence-corrected chi connectivity index (χ3v) is 22.1. The molecular formula is C89H166N4O20P2-2. The van der Waals surface area contributed by atoms with Gasteiger partial charge in [-0.15, -0.1) is 0 Å². The van der Waals surface area contributed by atoms with Crippen LogP contribution in [-0.2, 0) is 79.7 Å². The molecule has 0 heterocycles. The van der Waals surface area contributed by atoms with E-state index in [2.05, 4.69) is 87.1 Å². The van der Waals surface area contributed by atoms with Crippen LogP contribution in [-0.4, -0.2) is 143 Å². The number of carbonyl (C=O) groups excluding carboxylic acids is 7. The molecular weight excluding hydrogens is 1510 g/mol. The number of hydrogen-bond acceptors (Lipinski definition) is 20. The largest absolute Gasteiger partial charge is 0.756 e. The molecule has 0 aliphatic carbocycles. The molecule has 5 N–H and O–H groups in total. The molecule has 26 heteroatoms. The zero-order valence-electron chi connectivity index (χ0n) is 73.2. The number of aliphatic hydroxyl groups excluding tert-OH is 1. The number of phosphoric acid groups is 2. The van der Waals surface area contributed by atoms with Crippen LogP contribution in [0.3, 0.4) is 0 Å². The minimum atomic E-state index is -5.00. The lowest BCUT2D eigenvalue weighted by molar-refractivity contribution is -0.227. The summed E-state index contributed by atoms with van der Waals surface area (Å²) in [4.78, 5) is 117. The average molecular weight is 1670 g/mol. The van der Waals surface area contributed by atoms with Gasteiger partial charge in [0.1, 0.15) is 17.7 Å². The first kappa shape index (κ1) is 111. The van der Waals surface area contributed by atoms with Gasteiger partial charge in [0.05, 0.1) is 77.3 Å². The smallest absolute Gasteiger partial charge is 0.306 e. The number of hydrogen-bond donors (Lipinski definition) is 5. The molecule has 0 saturated carbocycles. The van der Waals surface area contributed by atoms with Crippen LogP contribution in [0.4, 0.5) is 0 Å². The number of amides is 4. The summed E-state index contributed by atoms with van der Waals surface area (Å²) in [6.45, 7) is 10.6. The summed E-state index contributed by atoms with van der Waals surface area (Å²) in [5.74, 6) is -2.77. The van der Waals surface area contributed by atoms with E-state index in [9.17, 15) is 57.6 Å². The van der Waals surface area contributed by atoms with Gasteiger partial charge in [0, 0.05) is 58.2 Å². The van der Waals surface area contributed by atoms with Gasteiger partial charge in [0.15, 0.2) is 6.29 Å². The monoisotopic (exact) mass is 1670 g/mol. The average Bonchev–Trinajstić information content (AvgIpc) is 0.909. The number of phosphoric ester groups is 2. The first-order valence-electron chi connectivity index (χ1n) is 46.1. The second-order valence-electron chi connectivity index (χ2n) is 31.5. The Kier molecular flexibility index (Phi) is 78.6. The number of rotatable bonds is 89. The van der Waals surface area contributed by atoms with Crippen molar-refractivity contribution in [1.82, 2.24) is 21.3 Å². The van der Waals surface area contributed by atoms with Gasteiger partial charge in [-0.25, -0.2) is 0 Å². The van der Waals surface area contributed by atoms with Crippen molar-refractivity contribution >= 4 is 56.8 Å². The van der Waals surface area contributed by atoms with Crippen LogP contribution < -0.4 is 31.1 Å². The number of esters is 1. The Balaban J connectivity index is 5.48. The van der Waals surface area contributed by atoms with E-state index in [1.807, 2.05) is 0 Å². The second-order valence-corrected chi connectivity index (χ2v) is 34.3. The molecule has 0 radical (unpaired) electrons. The maximum absolute atomic E-state index is 13.3. The van der Waals surface area contributed by atoms with Gasteiger partial charge in [-0.2, -0.15) is 0 Å². The lowest BCUT2D eigenvalue weighted by Gasteiger charge is -2.26. The van der Waals surface area contributed by atoms with E-state index in [0.717, 1.165) is 148 Å². The molecule has 7 atom stereocenters. The molecule has 0 saturated heterocycles. The predicted molar refractivity (Wildman–Crippen MR) is 457 cm³/mol. The lowest BCUT2D eigenvalue weighted by atomic mass is 10.0. The van der Waals surface area contributed by atoms with Gasteiger partial charge in [0.2, 0.25) is 23.6 Å². The maximum atomic E-state index is 13.3. The van der Waals surface area contributed by atoms with Crippen LogP contribution in [0.25, 0.3) is 0 Å². The molecule has 0 spiro atoms. The number of unbranched alkanes of at least 4 members (excludes halogenated alkanes) is 36. The molecule has 7 unspecified atom stereocenters.